The van der Waals surface area contributed by atoms with Crippen LogP contribution in [0.4, 0.5) is 14.6 Å². The van der Waals surface area contributed by atoms with Gasteiger partial charge in [0.05, 0.1) is 19.1 Å². The maximum absolute atomic E-state index is 12.7. The second-order valence-corrected chi connectivity index (χ2v) is 3.23. The third-order valence-corrected chi connectivity index (χ3v) is 2.13. The van der Waals surface area contributed by atoms with Crippen LogP contribution < -0.4 is 5.56 Å². The molecule has 0 atom stereocenters. The molecule has 0 unspecified atom stereocenters. The van der Waals surface area contributed by atoms with Gasteiger partial charge < -0.3 is 14.9 Å². The molecule has 1 rings (SSSR count). The molecule has 0 radical (unpaired) electrons. The number of carbonyl (C=O) groups excluding carboxylic acids is 1. The molecule has 7 nitrogen and oxygen atoms in total. The van der Waals surface area contributed by atoms with Crippen molar-refractivity contribution in [3.8, 4) is 0 Å². The number of carbonyl (C=O) groups is 1. The van der Waals surface area contributed by atoms with Gasteiger partial charge in [0.25, 0.3) is 6.43 Å². The predicted octanol–water partition coefficient (Wildman–Crippen LogP) is 0.936. The van der Waals surface area contributed by atoms with Crippen molar-refractivity contribution >= 4 is 11.8 Å². The molecule has 1 N–H and O–H groups in total. The Labute approximate surface area is 98.5 Å². The van der Waals surface area contributed by atoms with Crippen molar-refractivity contribution in [3.63, 3.8) is 0 Å². The highest BCUT2D eigenvalue weighted by molar-refractivity contribution is 5.74. The van der Waals surface area contributed by atoms with Crippen LogP contribution in [0.1, 0.15) is 17.6 Å². The van der Waals surface area contributed by atoms with Gasteiger partial charge in [0.1, 0.15) is 0 Å². The molecule has 1 heterocycles. The minimum atomic E-state index is -3.11. The number of H-pyrrole nitrogens is 1. The van der Waals surface area contributed by atoms with E-state index in [9.17, 15) is 28.5 Å². The summed E-state index contributed by atoms with van der Waals surface area (Å²) in [6.07, 6.45) is -3.82. The Morgan fingerprint density at radius 3 is 2.67 bits per heavy atom. The number of nitrogens with zero attached hydrogens (tertiary/aromatic N) is 1. The summed E-state index contributed by atoms with van der Waals surface area (Å²) in [5.41, 5.74) is -2.44. The number of pyridine rings is 1. The number of halogens is 2. The molecule has 0 bridgehead atoms. The molecule has 1 aromatic rings. The molecular formula is C9H8F2N2O5. The summed E-state index contributed by atoms with van der Waals surface area (Å²) in [7, 11) is 1.02. The van der Waals surface area contributed by atoms with Gasteiger partial charge in [-0.1, -0.05) is 0 Å². The van der Waals surface area contributed by atoms with E-state index in [0.29, 0.717) is 6.07 Å². The van der Waals surface area contributed by atoms with Crippen molar-refractivity contribution in [1.82, 2.24) is 4.98 Å². The van der Waals surface area contributed by atoms with E-state index in [1.54, 1.807) is 4.98 Å². The third-order valence-electron chi connectivity index (χ3n) is 2.13. The summed E-state index contributed by atoms with van der Waals surface area (Å²) in [5, 5.41) is 10.7. The third kappa shape index (κ3) is 2.87. The van der Waals surface area contributed by atoms with Gasteiger partial charge in [0.15, 0.2) is 0 Å². The van der Waals surface area contributed by atoms with Crippen molar-refractivity contribution < 1.29 is 23.2 Å². The Morgan fingerprint density at radius 1 is 1.61 bits per heavy atom. The summed E-state index contributed by atoms with van der Waals surface area (Å²) in [5.74, 6) is -1.85. The first-order valence-corrected chi connectivity index (χ1v) is 4.62. The van der Waals surface area contributed by atoms with Crippen LogP contribution in [0, 0.1) is 10.1 Å². The summed E-state index contributed by atoms with van der Waals surface area (Å²) < 4.78 is 29.6. The fourth-order valence-corrected chi connectivity index (χ4v) is 1.35. The Hall–Kier alpha value is -2.32. The predicted molar refractivity (Wildman–Crippen MR) is 54.4 cm³/mol. The molecule has 0 fully saturated rings. The minimum Gasteiger partial charge on any atom is -0.469 e. The molecule has 9 heteroatoms. The Kier molecular flexibility index (Phi) is 4.08. The smallest absolute Gasteiger partial charge is 0.332 e. The number of nitro groups is 1. The van der Waals surface area contributed by atoms with Gasteiger partial charge in [-0.15, -0.1) is 0 Å². The van der Waals surface area contributed by atoms with Crippen molar-refractivity contribution in [1.29, 1.82) is 0 Å². The van der Waals surface area contributed by atoms with Crippen molar-refractivity contribution in [2.75, 3.05) is 7.11 Å². The zero-order valence-electron chi connectivity index (χ0n) is 9.11. The summed E-state index contributed by atoms with van der Waals surface area (Å²) in [4.78, 5) is 33.5. The van der Waals surface area contributed by atoms with Crippen LogP contribution in [0.2, 0.25) is 0 Å². The first kappa shape index (κ1) is 13.7. The van der Waals surface area contributed by atoms with Gasteiger partial charge in [0.2, 0.25) is 0 Å². The highest BCUT2D eigenvalue weighted by Crippen LogP contribution is 2.27. The average molecular weight is 262 g/mol. The van der Waals surface area contributed by atoms with Gasteiger partial charge in [-0.25, -0.2) is 18.6 Å². The number of rotatable bonds is 4. The molecule has 0 spiro atoms. The van der Waals surface area contributed by atoms with Crippen LogP contribution in [0.3, 0.4) is 0 Å². The summed E-state index contributed by atoms with van der Waals surface area (Å²) in [6, 6.07) is 0.524. The minimum absolute atomic E-state index is 0.524. The van der Waals surface area contributed by atoms with Gasteiger partial charge in [0, 0.05) is 11.6 Å². The first-order valence-electron chi connectivity index (χ1n) is 4.62. The number of nitrogens with one attached hydrogen (secondary N) is 1. The van der Waals surface area contributed by atoms with Crippen LogP contribution in [0.5, 0.6) is 0 Å². The van der Waals surface area contributed by atoms with Crippen LogP contribution in [-0.2, 0) is 16.0 Å². The lowest BCUT2D eigenvalue weighted by atomic mass is 10.1. The molecule has 98 valence electrons. The van der Waals surface area contributed by atoms with E-state index in [0.717, 1.165) is 7.11 Å². The number of aromatic nitrogens is 1. The Balaban J connectivity index is 3.45. The molecule has 0 aliphatic rings. The largest absolute Gasteiger partial charge is 0.469 e. The van der Waals surface area contributed by atoms with Crippen LogP contribution in [-0.4, -0.2) is 23.0 Å². The standard InChI is InChI=1S/C9H8F2N2O5/c1-18-7(15)3-5-4(8(10)11)2-6(14)12-9(5)13(16)17/h2,8H,3H2,1H3,(H,12,14). The number of alkyl halides is 2. The first-order chi connectivity index (χ1) is 8.36. The topological polar surface area (TPSA) is 102 Å². The van der Waals surface area contributed by atoms with E-state index in [4.69, 9.17) is 0 Å². The number of esters is 1. The van der Waals surface area contributed by atoms with Gasteiger partial charge in [-0.2, -0.15) is 0 Å². The molecule has 18 heavy (non-hydrogen) atoms. The number of hydrogen-bond donors (Lipinski definition) is 1. The van der Waals surface area contributed by atoms with E-state index in [1.165, 1.54) is 0 Å². The second-order valence-electron chi connectivity index (χ2n) is 3.23. The lowest BCUT2D eigenvalue weighted by Gasteiger charge is -2.08. The highest BCUT2D eigenvalue weighted by Gasteiger charge is 2.26. The monoisotopic (exact) mass is 262 g/mol. The van der Waals surface area contributed by atoms with E-state index in [2.05, 4.69) is 4.74 Å². The highest BCUT2D eigenvalue weighted by atomic mass is 19.3. The van der Waals surface area contributed by atoms with Crippen LogP contribution >= 0.6 is 0 Å². The Morgan fingerprint density at radius 2 is 2.22 bits per heavy atom. The van der Waals surface area contributed by atoms with Crippen LogP contribution in [0.25, 0.3) is 0 Å². The Bertz CT molecular complexity index is 540. The fraction of sp³-hybridized carbons (Fsp3) is 0.333. The SMILES string of the molecule is COC(=O)Cc1c(C(F)F)cc(=O)[nH]c1[N+](=O)[O-]. The summed E-state index contributed by atoms with van der Waals surface area (Å²) >= 11 is 0. The zero-order valence-corrected chi connectivity index (χ0v) is 9.11. The normalized spacial score (nSPS) is 10.4. The molecule has 1 aromatic heterocycles. The van der Waals surface area contributed by atoms with E-state index < -0.39 is 46.2 Å². The molecule has 0 amide bonds. The molecule has 0 saturated carbocycles. The fourth-order valence-electron chi connectivity index (χ4n) is 1.35. The average Bonchev–Trinajstić information content (AvgIpc) is 2.29. The number of ether oxygens (including phenoxy) is 1. The lowest BCUT2D eigenvalue weighted by Crippen LogP contribution is -2.17. The quantitative estimate of drug-likeness (QED) is 0.494. The van der Waals surface area contributed by atoms with E-state index in [-0.39, 0.29) is 0 Å². The zero-order chi connectivity index (χ0) is 13.9. The molecule has 0 aromatic carbocycles. The van der Waals surface area contributed by atoms with Gasteiger partial charge >= 0.3 is 17.3 Å². The van der Waals surface area contributed by atoms with E-state index >= 15 is 0 Å². The number of hydrogen-bond acceptors (Lipinski definition) is 5. The molecule has 0 aliphatic heterocycles. The lowest BCUT2D eigenvalue weighted by molar-refractivity contribution is -0.390. The number of methoxy groups -OCH3 is 1. The molecule has 0 aliphatic carbocycles. The maximum Gasteiger partial charge on any atom is 0.332 e. The van der Waals surface area contributed by atoms with Crippen molar-refractivity contribution in [2.45, 2.75) is 12.8 Å². The van der Waals surface area contributed by atoms with Gasteiger partial charge in [-0.05, 0) is 4.92 Å². The van der Waals surface area contributed by atoms with Crippen molar-refractivity contribution in [3.05, 3.63) is 37.7 Å². The number of aromatic amines is 1. The van der Waals surface area contributed by atoms with Gasteiger partial charge in [-0.3, -0.25) is 4.79 Å². The summed E-state index contributed by atoms with van der Waals surface area (Å²) in [6.45, 7) is 0. The van der Waals surface area contributed by atoms with E-state index in [1.807, 2.05) is 0 Å². The van der Waals surface area contributed by atoms with Crippen LogP contribution in [0.15, 0.2) is 10.9 Å². The van der Waals surface area contributed by atoms with Crippen molar-refractivity contribution in [2.24, 2.45) is 0 Å². The maximum atomic E-state index is 12.7. The molecular weight excluding hydrogens is 254 g/mol. The second kappa shape index (κ2) is 5.34. The molecule has 0 saturated heterocycles.